The van der Waals surface area contributed by atoms with Crippen molar-refractivity contribution in [1.82, 2.24) is 10.2 Å². The summed E-state index contributed by atoms with van der Waals surface area (Å²) >= 11 is 1.29. The molecule has 1 aromatic heterocycles. The molecule has 2 rings (SSSR count). The maximum atomic E-state index is 11.7. The van der Waals surface area contributed by atoms with Crippen LogP contribution in [0, 0.1) is 6.92 Å². The molecule has 2 aromatic rings. The van der Waals surface area contributed by atoms with Gasteiger partial charge in [-0.1, -0.05) is 29.0 Å². The molecule has 0 saturated heterocycles. The van der Waals surface area contributed by atoms with E-state index in [-0.39, 0.29) is 5.91 Å². The molecule has 5 heteroatoms. The lowest BCUT2D eigenvalue weighted by Gasteiger charge is -2.00. The van der Waals surface area contributed by atoms with Gasteiger partial charge in [0.05, 0.1) is 0 Å². The van der Waals surface area contributed by atoms with Crippen LogP contribution in [0.4, 0.5) is 5.13 Å². The first-order valence-corrected chi connectivity index (χ1v) is 5.28. The highest BCUT2D eigenvalue weighted by atomic mass is 32.1. The molecule has 1 amide bonds. The lowest BCUT2D eigenvalue weighted by Crippen LogP contribution is -2.11. The Balaban J connectivity index is 2.11. The maximum Gasteiger partial charge on any atom is 0.257 e. The van der Waals surface area contributed by atoms with Gasteiger partial charge < -0.3 is 0 Å². The molecule has 4 nitrogen and oxygen atoms in total. The predicted molar refractivity (Wildman–Crippen MR) is 59.0 cm³/mol. The summed E-state index contributed by atoms with van der Waals surface area (Å²) in [4.78, 5) is 11.7. The first kappa shape index (κ1) is 9.79. The van der Waals surface area contributed by atoms with E-state index in [9.17, 15) is 4.79 Å². The second kappa shape index (κ2) is 4.18. The van der Waals surface area contributed by atoms with Crippen LogP contribution < -0.4 is 5.32 Å². The van der Waals surface area contributed by atoms with E-state index in [0.29, 0.717) is 10.7 Å². The Labute approximate surface area is 91.0 Å². The number of carbonyl (C=O) groups is 1. The first-order valence-electron chi connectivity index (χ1n) is 4.40. The Morgan fingerprint density at radius 3 is 2.67 bits per heavy atom. The molecule has 0 unspecified atom stereocenters. The fraction of sp³-hybridized carbons (Fsp3) is 0.100. The topological polar surface area (TPSA) is 54.9 Å². The van der Waals surface area contributed by atoms with Gasteiger partial charge in [0.1, 0.15) is 5.51 Å². The molecule has 0 spiro atoms. The van der Waals surface area contributed by atoms with Gasteiger partial charge in [-0.05, 0) is 19.1 Å². The highest BCUT2D eigenvalue weighted by molar-refractivity contribution is 7.13. The van der Waals surface area contributed by atoms with Gasteiger partial charge in [0.25, 0.3) is 5.91 Å². The molecule has 76 valence electrons. The van der Waals surface area contributed by atoms with Gasteiger partial charge in [-0.25, -0.2) is 0 Å². The zero-order chi connectivity index (χ0) is 10.7. The molecular formula is C10H9N3OS. The smallest absolute Gasteiger partial charge is 0.257 e. The van der Waals surface area contributed by atoms with E-state index >= 15 is 0 Å². The van der Waals surface area contributed by atoms with E-state index in [2.05, 4.69) is 15.5 Å². The molecule has 0 bridgehead atoms. The summed E-state index contributed by atoms with van der Waals surface area (Å²) in [6.45, 7) is 1.98. The summed E-state index contributed by atoms with van der Waals surface area (Å²) in [5.41, 5.74) is 3.32. The average molecular weight is 219 g/mol. The van der Waals surface area contributed by atoms with E-state index in [0.717, 1.165) is 5.56 Å². The predicted octanol–water partition coefficient (Wildman–Crippen LogP) is 2.10. The van der Waals surface area contributed by atoms with Gasteiger partial charge in [0.2, 0.25) is 5.13 Å². The Hall–Kier alpha value is -1.75. The maximum absolute atomic E-state index is 11.7. The van der Waals surface area contributed by atoms with Crippen molar-refractivity contribution in [2.75, 3.05) is 5.32 Å². The molecule has 0 atom stereocenters. The van der Waals surface area contributed by atoms with Crippen molar-refractivity contribution in [3.8, 4) is 0 Å². The van der Waals surface area contributed by atoms with E-state index < -0.39 is 0 Å². The van der Waals surface area contributed by atoms with Crippen LogP contribution in [-0.4, -0.2) is 16.1 Å². The minimum Gasteiger partial charge on any atom is -0.296 e. The van der Waals surface area contributed by atoms with E-state index in [1.807, 2.05) is 19.1 Å². The zero-order valence-electron chi connectivity index (χ0n) is 8.10. The van der Waals surface area contributed by atoms with Crippen molar-refractivity contribution in [3.05, 3.63) is 40.9 Å². The van der Waals surface area contributed by atoms with Gasteiger partial charge in [-0.2, -0.15) is 0 Å². The van der Waals surface area contributed by atoms with E-state index in [1.165, 1.54) is 11.3 Å². The highest BCUT2D eigenvalue weighted by Gasteiger charge is 2.06. The Kier molecular flexibility index (Phi) is 2.73. The molecule has 0 aliphatic rings. The molecule has 0 radical (unpaired) electrons. The number of amides is 1. The van der Waals surface area contributed by atoms with Crippen LogP contribution in [0.3, 0.4) is 0 Å². The van der Waals surface area contributed by atoms with Crippen LogP contribution in [0.5, 0.6) is 0 Å². The minimum absolute atomic E-state index is 0.160. The van der Waals surface area contributed by atoms with Gasteiger partial charge in [-0.15, -0.1) is 10.2 Å². The van der Waals surface area contributed by atoms with Crippen LogP contribution in [0.25, 0.3) is 0 Å². The third-order valence-corrected chi connectivity index (χ3v) is 2.50. The van der Waals surface area contributed by atoms with Crippen molar-refractivity contribution in [2.24, 2.45) is 0 Å². The van der Waals surface area contributed by atoms with Crippen molar-refractivity contribution in [2.45, 2.75) is 6.92 Å². The van der Waals surface area contributed by atoms with Gasteiger partial charge >= 0.3 is 0 Å². The van der Waals surface area contributed by atoms with Crippen LogP contribution in [0.1, 0.15) is 15.9 Å². The number of rotatable bonds is 2. The Bertz CT molecular complexity index is 450. The lowest BCUT2D eigenvalue weighted by molar-refractivity contribution is 0.102. The molecule has 0 aliphatic carbocycles. The number of nitrogens with zero attached hydrogens (tertiary/aromatic N) is 2. The number of anilines is 1. The number of aromatic nitrogens is 2. The molecule has 1 heterocycles. The Morgan fingerprint density at radius 2 is 2.07 bits per heavy atom. The van der Waals surface area contributed by atoms with Crippen LogP contribution in [0.2, 0.25) is 0 Å². The summed E-state index contributed by atoms with van der Waals surface area (Å²) < 4.78 is 0. The molecule has 1 aromatic carbocycles. The number of hydrogen-bond acceptors (Lipinski definition) is 4. The fourth-order valence-corrected chi connectivity index (χ4v) is 1.54. The second-order valence-corrected chi connectivity index (χ2v) is 3.90. The third-order valence-electron chi connectivity index (χ3n) is 1.89. The van der Waals surface area contributed by atoms with Crippen LogP contribution in [-0.2, 0) is 0 Å². The monoisotopic (exact) mass is 219 g/mol. The minimum atomic E-state index is -0.160. The summed E-state index contributed by atoms with van der Waals surface area (Å²) in [6, 6.07) is 7.36. The quantitative estimate of drug-likeness (QED) is 0.841. The van der Waals surface area contributed by atoms with Crippen LogP contribution >= 0.6 is 11.3 Å². The molecular weight excluding hydrogens is 210 g/mol. The summed E-state index contributed by atoms with van der Waals surface area (Å²) in [5.74, 6) is -0.160. The molecule has 0 aliphatic heterocycles. The standard InChI is InChI=1S/C10H9N3OS/c1-7-2-4-8(5-3-7)9(14)12-10-13-11-6-15-10/h2-6H,1H3,(H,12,13,14). The Morgan fingerprint density at radius 1 is 1.33 bits per heavy atom. The number of aryl methyl sites for hydroxylation is 1. The largest absolute Gasteiger partial charge is 0.296 e. The SMILES string of the molecule is Cc1ccc(C(=O)Nc2nncs2)cc1. The molecule has 1 N–H and O–H groups in total. The van der Waals surface area contributed by atoms with Gasteiger partial charge in [0, 0.05) is 5.56 Å². The van der Waals surface area contributed by atoms with Crippen molar-refractivity contribution in [3.63, 3.8) is 0 Å². The van der Waals surface area contributed by atoms with Gasteiger partial charge in [-0.3, -0.25) is 10.1 Å². The number of carbonyl (C=O) groups excluding carboxylic acids is 1. The second-order valence-electron chi connectivity index (χ2n) is 3.06. The zero-order valence-corrected chi connectivity index (χ0v) is 8.91. The fourth-order valence-electron chi connectivity index (χ4n) is 1.10. The van der Waals surface area contributed by atoms with Crippen molar-refractivity contribution >= 4 is 22.4 Å². The van der Waals surface area contributed by atoms with E-state index in [1.54, 1.807) is 17.6 Å². The van der Waals surface area contributed by atoms with Gasteiger partial charge in [0.15, 0.2) is 0 Å². The van der Waals surface area contributed by atoms with E-state index in [4.69, 9.17) is 0 Å². The first-order chi connectivity index (χ1) is 7.25. The summed E-state index contributed by atoms with van der Waals surface area (Å²) in [5, 5.41) is 10.6. The number of nitrogens with one attached hydrogen (secondary N) is 1. The van der Waals surface area contributed by atoms with Crippen LogP contribution in [0.15, 0.2) is 29.8 Å². The molecule has 15 heavy (non-hydrogen) atoms. The lowest BCUT2D eigenvalue weighted by atomic mass is 10.1. The van der Waals surface area contributed by atoms with Crippen molar-refractivity contribution < 1.29 is 4.79 Å². The number of benzene rings is 1. The third kappa shape index (κ3) is 2.38. The average Bonchev–Trinajstić information content (AvgIpc) is 2.71. The highest BCUT2D eigenvalue weighted by Crippen LogP contribution is 2.10. The summed E-state index contributed by atoms with van der Waals surface area (Å²) in [6.07, 6.45) is 0. The molecule has 0 fully saturated rings. The van der Waals surface area contributed by atoms with Crippen molar-refractivity contribution in [1.29, 1.82) is 0 Å². The normalized spacial score (nSPS) is 9.93. The summed E-state index contributed by atoms with van der Waals surface area (Å²) in [7, 11) is 0. The molecule has 0 saturated carbocycles. The number of hydrogen-bond donors (Lipinski definition) is 1.